The molecule has 0 aromatic heterocycles. The van der Waals surface area contributed by atoms with Crippen LogP contribution in [0.3, 0.4) is 0 Å². The monoisotopic (exact) mass is 361 g/mol. The van der Waals surface area contributed by atoms with Crippen LogP contribution in [-0.2, 0) is 4.79 Å². The van der Waals surface area contributed by atoms with E-state index >= 15 is 0 Å². The Hall–Kier alpha value is -2.08. The van der Waals surface area contributed by atoms with Crippen LogP contribution >= 0.6 is 0 Å². The second-order valence-electron chi connectivity index (χ2n) is 8.13. The van der Waals surface area contributed by atoms with E-state index < -0.39 is 5.91 Å². The first-order valence-corrected chi connectivity index (χ1v) is 9.22. The van der Waals surface area contributed by atoms with Crippen LogP contribution < -0.4 is 15.8 Å². The van der Waals surface area contributed by atoms with Gasteiger partial charge >= 0.3 is 0 Å². The molecule has 144 valence electrons. The second-order valence-corrected chi connectivity index (χ2v) is 8.13. The molecule has 0 radical (unpaired) electrons. The summed E-state index contributed by atoms with van der Waals surface area (Å²) in [6, 6.07) is 6.77. The lowest BCUT2D eigenvalue weighted by Crippen LogP contribution is -2.56. The Labute approximate surface area is 156 Å². The Morgan fingerprint density at radius 2 is 1.92 bits per heavy atom. The zero-order chi connectivity index (χ0) is 19.3. The third-order valence-electron chi connectivity index (χ3n) is 4.88. The van der Waals surface area contributed by atoms with Crippen LogP contribution in [0.15, 0.2) is 24.3 Å². The number of nitrogens with one attached hydrogen (secondary N) is 1. The van der Waals surface area contributed by atoms with Crippen LogP contribution in [0.1, 0.15) is 44.5 Å². The van der Waals surface area contributed by atoms with E-state index in [1.54, 1.807) is 24.3 Å². The van der Waals surface area contributed by atoms with Gasteiger partial charge in [-0.15, -0.1) is 0 Å². The number of primary amides is 1. The lowest BCUT2D eigenvalue weighted by molar-refractivity contribution is -0.119. The quantitative estimate of drug-likeness (QED) is 0.778. The van der Waals surface area contributed by atoms with Crippen molar-refractivity contribution in [3.05, 3.63) is 29.8 Å². The molecule has 3 N–H and O–H groups in total. The molecule has 2 unspecified atom stereocenters. The number of carbonyl (C=O) groups is 2. The SMILES string of the molecule is CC1CC(C)CN(C(C)(C)CNC(=O)c2cccc(OCC(N)=O)c2)C1. The molecule has 2 atom stereocenters. The first kappa shape index (κ1) is 20.2. The highest BCUT2D eigenvalue weighted by Crippen LogP contribution is 2.27. The van der Waals surface area contributed by atoms with Crippen molar-refractivity contribution in [2.24, 2.45) is 17.6 Å². The standard InChI is InChI=1S/C20H31N3O3/c1-14-8-15(2)11-23(10-14)20(3,4)13-22-19(25)16-6-5-7-17(9-16)26-12-18(21)24/h5-7,9,14-15H,8,10-13H2,1-4H3,(H2,21,24)(H,22,25). The molecule has 1 fully saturated rings. The molecule has 6 heteroatoms. The molecule has 2 amide bonds. The maximum Gasteiger partial charge on any atom is 0.255 e. The minimum Gasteiger partial charge on any atom is -0.484 e. The Balaban J connectivity index is 1.94. The number of piperidine rings is 1. The highest BCUT2D eigenvalue weighted by Gasteiger charge is 2.32. The van der Waals surface area contributed by atoms with Crippen molar-refractivity contribution in [3.8, 4) is 5.75 Å². The maximum absolute atomic E-state index is 12.5. The van der Waals surface area contributed by atoms with E-state index in [1.807, 2.05) is 0 Å². The van der Waals surface area contributed by atoms with Crippen LogP contribution in [-0.4, -0.2) is 48.5 Å². The van der Waals surface area contributed by atoms with Gasteiger partial charge in [0.2, 0.25) is 0 Å². The minimum atomic E-state index is -0.549. The fourth-order valence-corrected chi connectivity index (χ4v) is 3.55. The van der Waals surface area contributed by atoms with Gasteiger partial charge in [0, 0.05) is 30.7 Å². The molecule has 6 nitrogen and oxygen atoms in total. The van der Waals surface area contributed by atoms with Crippen molar-refractivity contribution in [1.82, 2.24) is 10.2 Å². The molecule has 1 aromatic rings. The smallest absolute Gasteiger partial charge is 0.255 e. The summed E-state index contributed by atoms with van der Waals surface area (Å²) < 4.78 is 5.26. The molecule has 1 aliphatic heterocycles. The lowest BCUT2D eigenvalue weighted by Gasteiger charge is -2.45. The van der Waals surface area contributed by atoms with Crippen molar-refractivity contribution in [1.29, 1.82) is 0 Å². The number of amides is 2. The fourth-order valence-electron chi connectivity index (χ4n) is 3.55. The molecule has 1 aromatic carbocycles. The number of rotatable bonds is 7. The van der Waals surface area contributed by atoms with Gasteiger partial charge in [-0.3, -0.25) is 14.5 Å². The normalized spacial score (nSPS) is 21.2. The average Bonchev–Trinajstić information content (AvgIpc) is 2.57. The molecule has 1 aliphatic rings. The molecule has 1 saturated heterocycles. The zero-order valence-electron chi connectivity index (χ0n) is 16.2. The van der Waals surface area contributed by atoms with Gasteiger partial charge in [-0.1, -0.05) is 19.9 Å². The van der Waals surface area contributed by atoms with Crippen LogP contribution in [0.5, 0.6) is 5.75 Å². The van der Waals surface area contributed by atoms with Gasteiger partial charge in [0.25, 0.3) is 11.8 Å². The van der Waals surface area contributed by atoms with E-state index in [0.717, 1.165) is 13.1 Å². The second kappa shape index (κ2) is 8.54. The van der Waals surface area contributed by atoms with E-state index in [1.165, 1.54) is 6.42 Å². The molecule has 0 aliphatic carbocycles. The van der Waals surface area contributed by atoms with E-state index in [2.05, 4.69) is 37.9 Å². The summed E-state index contributed by atoms with van der Waals surface area (Å²) in [7, 11) is 0. The molecule has 2 rings (SSSR count). The molecule has 1 heterocycles. The number of hydrogen-bond acceptors (Lipinski definition) is 4. The van der Waals surface area contributed by atoms with Crippen molar-refractivity contribution < 1.29 is 14.3 Å². The van der Waals surface area contributed by atoms with Crippen LogP contribution in [0.25, 0.3) is 0 Å². The van der Waals surface area contributed by atoms with Gasteiger partial charge < -0.3 is 15.8 Å². The summed E-state index contributed by atoms with van der Waals surface area (Å²) in [6.45, 7) is 11.4. The van der Waals surface area contributed by atoms with E-state index in [9.17, 15) is 9.59 Å². The van der Waals surface area contributed by atoms with E-state index in [4.69, 9.17) is 10.5 Å². The van der Waals surface area contributed by atoms with Gasteiger partial charge in [-0.05, 0) is 50.3 Å². The number of hydrogen-bond donors (Lipinski definition) is 2. The highest BCUT2D eigenvalue weighted by atomic mass is 16.5. The summed E-state index contributed by atoms with van der Waals surface area (Å²) >= 11 is 0. The predicted molar refractivity (Wildman–Crippen MR) is 102 cm³/mol. The summed E-state index contributed by atoms with van der Waals surface area (Å²) in [5.74, 6) is 1.10. The number of nitrogens with zero attached hydrogens (tertiary/aromatic N) is 1. The van der Waals surface area contributed by atoms with Crippen molar-refractivity contribution in [3.63, 3.8) is 0 Å². The van der Waals surface area contributed by atoms with Crippen LogP contribution in [0.2, 0.25) is 0 Å². The Morgan fingerprint density at radius 3 is 2.54 bits per heavy atom. The number of carbonyl (C=O) groups excluding carboxylic acids is 2. The zero-order valence-corrected chi connectivity index (χ0v) is 16.2. The van der Waals surface area contributed by atoms with Crippen LogP contribution in [0, 0.1) is 11.8 Å². The molecule has 0 spiro atoms. The van der Waals surface area contributed by atoms with Gasteiger partial charge in [0.1, 0.15) is 5.75 Å². The first-order chi connectivity index (χ1) is 12.2. The molecular weight excluding hydrogens is 330 g/mol. The van der Waals surface area contributed by atoms with Gasteiger partial charge in [-0.25, -0.2) is 0 Å². The fraction of sp³-hybridized carbons (Fsp3) is 0.600. The van der Waals surface area contributed by atoms with Crippen molar-refractivity contribution >= 4 is 11.8 Å². The number of likely N-dealkylation sites (tertiary alicyclic amines) is 1. The maximum atomic E-state index is 12.5. The summed E-state index contributed by atoms with van der Waals surface area (Å²) in [5, 5.41) is 3.03. The van der Waals surface area contributed by atoms with Crippen molar-refractivity contribution in [2.75, 3.05) is 26.2 Å². The number of nitrogens with two attached hydrogens (primary N) is 1. The predicted octanol–water partition coefficient (Wildman–Crippen LogP) is 2.04. The molecule has 0 saturated carbocycles. The Kier molecular flexibility index (Phi) is 6.64. The van der Waals surface area contributed by atoms with E-state index in [0.29, 0.717) is 29.7 Å². The van der Waals surface area contributed by atoms with Gasteiger partial charge in [-0.2, -0.15) is 0 Å². The molecule has 26 heavy (non-hydrogen) atoms. The number of ether oxygens (including phenoxy) is 1. The number of benzene rings is 1. The van der Waals surface area contributed by atoms with Crippen LogP contribution in [0.4, 0.5) is 0 Å². The highest BCUT2D eigenvalue weighted by molar-refractivity contribution is 5.94. The third-order valence-corrected chi connectivity index (χ3v) is 4.88. The Morgan fingerprint density at radius 1 is 1.27 bits per heavy atom. The summed E-state index contributed by atoms with van der Waals surface area (Å²) in [5.41, 5.74) is 5.47. The Bertz CT molecular complexity index is 635. The average molecular weight is 361 g/mol. The lowest BCUT2D eigenvalue weighted by atomic mass is 9.88. The topological polar surface area (TPSA) is 84.7 Å². The van der Waals surface area contributed by atoms with Gasteiger partial charge in [0.05, 0.1) is 0 Å². The summed E-state index contributed by atoms with van der Waals surface area (Å²) in [6.07, 6.45) is 1.26. The van der Waals surface area contributed by atoms with Crippen molar-refractivity contribution in [2.45, 2.75) is 39.7 Å². The largest absolute Gasteiger partial charge is 0.484 e. The first-order valence-electron chi connectivity index (χ1n) is 9.22. The summed E-state index contributed by atoms with van der Waals surface area (Å²) in [4.78, 5) is 25.8. The minimum absolute atomic E-state index is 0.112. The van der Waals surface area contributed by atoms with E-state index in [-0.39, 0.29) is 18.1 Å². The molecular formula is C20H31N3O3. The van der Waals surface area contributed by atoms with Gasteiger partial charge in [0.15, 0.2) is 6.61 Å². The molecule has 0 bridgehead atoms. The third kappa shape index (κ3) is 5.73.